The summed E-state index contributed by atoms with van der Waals surface area (Å²) >= 11 is 0. The summed E-state index contributed by atoms with van der Waals surface area (Å²) in [6, 6.07) is 14.1. The normalized spacial score (nSPS) is 10.4. The van der Waals surface area contributed by atoms with Gasteiger partial charge in [0, 0.05) is 11.8 Å². The average molecular weight is 340 g/mol. The van der Waals surface area contributed by atoms with Crippen LogP contribution >= 0.6 is 0 Å². The van der Waals surface area contributed by atoms with Crippen LogP contribution in [0.4, 0.5) is 5.69 Å². The van der Waals surface area contributed by atoms with Crippen molar-refractivity contribution in [2.45, 2.75) is 6.92 Å². The number of hydrogen-bond acceptors (Lipinski definition) is 4. The summed E-state index contributed by atoms with van der Waals surface area (Å²) in [7, 11) is 0. The number of ether oxygens (including phenoxy) is 2. The highest BCUT2D eigenvalue weighted by atomic mass is 16.5. The Hall–Kier alpha value is -3.28. The second-order valence-corrected chi connectivity index (χ2v) is 5.10. The van der Waals surface area contributed by atoms with Gasteiger partial charge in [0.2, 0.25) is 5.91 Å². The predicted molar refractivity (Wildman–Crippen MR) is 96.4 cm³/mol. The number of nitrogens with two attached hydrogens (primary N) is 1. The molecule has 2 amide bonds. The van der Waals surface area contributed by atoms with Gasteiger partial charge >= 0.3 is 0 Å². The molecule has 0 aromatic heterocycles. The summed E-state index contributed by atoms with van der Waals surface area (Å²) in [6.07, 6.45) is 3.17. The van der Waals surface area contributed by atoms with Crippen molar-refractivity contribution in [1.29, 1.82) is 0 Å². The molecule has 3 N–H and O–H groups in total. The highest BCUT2D eigenvalue weighted by Gasteiger charge is 2.01. The van der Waals surface area contributed by atoms with Gasteiger partial charge in [-0.2, -0.15) is 0 Å². The smallest absolute Gasteiger partial charge is 0.255 e. The topological polar surface area (TPSA) is 90.7 Å². The maximum absolute atomic E-state index is 11.9. The molecule has 0 aliphatic rings. The molecule has 2 rings (SSSR count). The summed E-state index contributed by atoms with van der Waals surface area (Å²) in [4.78, 5) is 22.6. The van der Waals surface area contributed by atoms with Gasteiger partial charge in [0.15, 0.2) is 6.61 Å². The van der Waals surface area contributed by atoms with Crippen LogP contribution in [0.5, 0.6) is 11.5 Å². The van der Waals surface area contributed by atoms with Gasteiger partial charge in [-0.05, 0) is 55.0 Å². The summed E-state index contributed by atoms with van der Waals surface area (Å²) in [6.45, 7) is 2.36. The molecule has 0 unspecified atom stereocenters. The van der Waals surface area contributed by atoms with Crippen molar-refractivity contribution in [1.82, 2.24) is 0 Å². The average Bonchev–Trinajstić information content (AvgIpc) is 2.61. The van der Waals surface area contributed by atoms with E-state index in [4.69, 9.17) is 15.2 Å². The Morgan fingerprint density at radius 2 is 1.60 bits per heavy atom. The third-order valence-corrected chi connectivity index (χ3v) is 3.12. The van der Waals surface area contributed by atoms with Crippen molar-refractivity contribution in [2.24, 2.45) is 5.73 Å². The highest BCUT2D eigenvalue weighted by molar-refractivity contribution is 6.01. The lowest BCUT2D eigenvalue weighted by Gasteiger charge is -2.06. The first-order chi connectivity index (χ1) is 12.1. The fraction of sp³-hybridized carbons (Fsp3) is 0.158. The van der Waals surface area contributed by atoms with E-state index in [0.29, 0.717) is 18.0 Å². The number of primary amides is 1. The van der Waals surface area contributed by atoms with Crippen molar-refractivity contribution in [2.75, 3.05) is 18.5 Å². The first-order valence-electron chi connectivity index (χ1n) is 7.80. The minimum Gasteiger partial charge on any atom is -0.494 e. The van der Waals surface area contributed by atoms with E-state index in [1.54, 1.807) is 30.3 Å². The highest BCUT2D eigenvalue weighted by Crippen LogP contribution is 2.16. The van der Waals surface area contributed by atoms with Gasteiger partial charge in [0.25, 0.3) is 5.91 Å². The summed E-state index contributed by atoms with van der Waals surface area (Å²) in [5.74, 6) is 0.501. The van der Waals surface area contributed by atoms with Gasteiger partial charge in [-0.3, -0.25) is 9.59 Å². The van der Waals surface area contributed by atoms with Crippen LogP contribution in [0.2, 0.25) is 0 Å². The number of nitrogens with one attached hydrogen (secondary N) is 1. The number of amides is 2. The summed E-state index contributed by atoms with van der Waals surface area (Å²) in [5, 5.41) is 2.74. The van der Waals surface area contributed by atoms with Crippen LogP contribution in [0.3, 0.4) is 0 Å². The molecule has 0 spiro atoms. The monoisotopic (exact) mass is 340 g/mol. The molecule has 0 saturated heterocycles. The SMILES string of the molecule is CCOc1ccc(/C=C/C(=O)Nc2ccc(OCC(N)=O)cc2)cc1. The van der Waals surface area contributed by atoms with E-state index in [0.717, 1.165) is 11.3 Å². The van der Waals surface area contributed by atoms with Crippen molar-refractivity contribution in [3.8, 4) is 11.5 Å². The van der Waals surface area contributed by atoms with Crippen LogP contribution in [0.1, 0.15) is 12.5 Å². The number of anilines is 1. The standard InChI is InChI=1S/C19H20N2O4/c1-2-24-16-8-3-14(4-9-16)5-12-19(23)21-15-6-10-17(11-7-15)25-13-18(20)22/h3-12H,2,13H2,1H3,(H2,20,22)(H,21,23)/b12-5+. The number of carbonyl (C=O) groups excluding carboxylic acids is 2. The first-order valence-corrected chi connectivity index (χ1v) is 7.80. The molecule has 2 aromatic carbocycles. The van der Waals surface area contributed by atoms with E-state index in [9.17, 15) is 9.59 Å². The Morgan fingerprint density at radius 3 is 2.20 bits per heavy atom. The lowest BCUT2D eigenvalue weighted by Crippen LogP contribution is -2.20. The molecule has 0 atom stereocenters. The number of hydrogen-bond donors (Lipinski definition) is 2. The molecule has 0 aliphatic heterocycles. The van der Waals surface area contributed by atoms with E-state index in [1.165, 1.54) is 6.08 Å². The van der Waals surface area contributed by atoms with Crippen molar-refractivity contribution in [3.63, 3.8) is 0 Å². The van der Waals surface area contributed by atoms with E-state index in [1.807, 2.05) is 31.2 Å². The Labute approximate surface area is 146 Å². The zero-order valence-electron chi connectivity index (χ0n) is 13.9. The first kappa shape index (κ1) is 18.1. The Kier molecular flexibility index (Phi) is 6.59. The van der Waals surface area contributed by atoms with Gasteiger partial charge < -0.3 is 20.5 Å². The number of carbonyl (C=O) groups is 2. The van der Waals surface area contributed by atoms with Gasteiger partial charge in [0.1, 0.15) is 11.5 Å². The van der Waals surface area contributed by atoms with Gasteiger partial charge in [0.05, 0.1) is 6.61 Å². The van der Waals surface area contributed by atoms with E-state index in [2.05, 4.69) is 5.32 Å². The van der Waals surface area contributed by atoms with Crippen LogP contribution < -0.4 is 20.5 Å². The molecule has 6 nitrogen and oxygen atoms in total. The van der Waals surface area contributed by atoms with E-state index < -0.39 is 5.91 Å². The fourth-order valence-corrected chi connectivity index (χ4v) is 1.99. The Balaban J connectivity index is 1.87. The molecule has 0 aliphatic carbocycles. The van der Waals surface area contributed by atoms with Crippen molar-refractivity contribution in [3.05, 3.63) is 60.2 Å². The minimum absolute atomic E-state index is 0.184. The molecule has 0 heterocycles. The lowest BCUT2D eigenvalue weighted by molar-refractivity contribution is -0.120. The molecule has 0 saturated carbocycles. The maximum atomic E-state index is 11.9. The van der Waals surface area contributed by atoms with Gasteiger partial charge in [-0.15, -0.1) is 0 Å². The zero-order valence-corrected chi connectivity index (χ0v) is 13.9. The number of rotatable bonds is 8. The molecular formula is C19H20N2O4. The molecular weight excluding hydrogens is 320 g/mol. The molecule has 0 bridgehead atoms. The molecule has 130 valence electrons. The fourth-order valence-electron chi connectivity index (χ4n) is 1.99. The maximum Gasteiger partial charge on any atom is 0.255 e. The number of benzene rings is 2. The lowest BCUT2D eigenvalue weighted by atomic mass is 10.2. The van der Waals surface area contributed by atoms with Crippen LogP contribution in [-0.4, -0.2) is 25.0 Å². The third-order valence-electron chi connectivity index (χ3n) is 3.12. The summed E-state index contributed by atoms with van der Waals surface area (Å²) < 4.78 is 10.5. The van der Waals surface area contributed by atoms with Gasteiger partial charge in [-0.1, -0.05) is 12.1 Å². The third kappa shape index (κ3) is 6.39. The Bertz CT molecular complexity index is 737. The molecule has 25 heavy (non-hydrogen) atoms. The van der Waals surface area contributed by atoms with Crippen LogP contribution in [0, 0.1) is 0 Å². The minimum atomic E-state index is -0.545. The second kappa shape index (κ2) is 9.12. The van der Waals surface area contributed by atoms with Gasteiger partial charge in [-0.25, -0.2) is 0 Å². The molecule has 0 fully saturated rings. The quantitative estimate of drug-likeness (QED) is 0.723. The molecule has 0 radical (unpaired) electrons. The largest absolute Gasteiger partial charge is 0.494 e. The van der Waals surface area contributed by atoms with Crippen LogP contribution in [0.15, 0.2) is 54.6 Å². The zero-order chi connectivity index (χ0) is 18.1. The van der Waals surface area contributed by atoms with Crippen LogP contribution in [-0.2, 0) is 9.59 Å². The van der Waals surface area contributed by atoms with Crippen molar-refractivity contribution < 1.29 is 19.1 Å². The second-order valence-electron chi connectivity index (χ2n) is 5.10. The van der Waals surface area contributed by atoms with E-state index >= 15 is 0 Å². The van der Waals surface area contributed by atoms with Crippen molar-refractivity contribution >= 4 is 23.6 Å². The molecule has 6 heteroatoms. The Morgan fingerprint density at radius 1 is 1.00 bits per heavy atom. The van der Waals surface area contributed by atoms with Crippen LogP contribution in [0.25, 0.3) is 6.08 Å². The summed E-state index contributed by atoms with van der Waals surface area (Å²) in [5.41, 5.74) is 6.52. The molecule has 2 aromatic rings. The predicted octanol–water partition coefficient (Wildman–Crippen LogP) is 2.60. The van der Waals surface area contributed by atoms with E-state index in [-0.39, 0.29) is 12.5 Å².